The van der Waals surface area contributed by atoms with Gasteiger partial charge in [0.1, 0.15) is 6.10 Å². The third kappa shape index (κ3) is 8.98. The van der Waals surface area contributed by atoms with Gasteiger partial charge < -0.3 is 33.2 Å². The Labute approximate surface area is 231 Å². The molecule has 3 rings (SSSR count). The van der Waals surface area contributed by atoms with E-state index in [1.54, 1.807) is 0 Å². The van der Waals surface area contributed by atoms with Crippen LogP contribution < -0.4 is 0 Å². The molecule has 38 heavy (non-hydrogen) atoms. The summed E-state index contributed by atoms with van der Waals surface area (Å²) in [5, 5.41) is 10.5. The van der Waals surface area contributed by atoms with Crippen LogP contribution in [0.1, 0.15) is 106 Å². The number of rotatable bonds is 2. The van der Waals surface area contributed by atoms with Crippen molar-refractivity contribution < 1.29 is 38.0 Å². The minimum Gasteiger partial charge on any atom is -0.457 e. The number of carbonyl (C=O) groups is 1. The molecule has 3 aliphatic rings. The smallest absolute Gasteiger partial charge is 0.306 e. The zero-order chi connectivity index (χ0) is 28.1. The van der Waals surface area contributed by atoms with Crippen molar-refractivity contribution in [3.05, 3.63) is 0 Å². The molecule has 3 heterocycles. The molecule has 9 atom stereocenters. The number of aliphatic hydroxyl groups excluding tert-OH is 1. The fourth-order valence-electron chi connectivity index (χ4n) is 5.12. The van der Waals surface area contributed by atoms with Gasteiger partial charge in [0, 0.05) is 19.3 Å². The predicted molar refractivity (Wildman–Crippen MR) is 148 cm³/mol. The molecule has 222 valence electrons. The number of ether oxygens (including phenoxy) is 5. The molecule has 3 aliphatic heterocycles. The quantitative estimate of drug-likeness (QED) is 0.334. The Morgan fingerprint density at radius 1 is 0.816 bits per heavy atom. The van der Waals surface area contributed by atoms with Gasteiger partial charge in [0.05, 0.1) is 30.5 Å². The van der Waals surface area contributed by atoms with Crippen LogP contribution in [-0.2, 0) is 32.9 Å². The van der Waals surface area contributed by atoms with Crippen molar-refractivity contribution in [2.24, 2.45) is 0 Å². The molecule has 0 aromatic rings. The maximum Gasteiger partial charge on any atom is 0.306 e. The lowest BCUT2D eigenvalue weighted by Crippen LogP contribution is -2.57. The third-order valence-corrected chi connectivity index (χ3v) is 13.3. The molecule has 8 nitrogen and oxygen atoms in total. The number of hydrogen-bond donors (Lipinski definition) is 1. The first-order valence-corrected chi connectivity index (χ1v) is 17.8. The van der Waals surface area contributed by atoms with Gasteiger partial charge in [-0.2, -0.15) is 0 Å². The molecule has 0 aliphatic carbocycles. The first kappa shape index (κ1) is 32.0. The molecule has 0 saturated carbocycles. The Hall–Kier alpha value is -0.553. The predicted octanol–water partition coefficient (Wildman–Crippen LogP) is 5.84. The molecule has 1 N–H and O–H groups in total. The molecule has 0 bridgehead atoms. The summed E-state index contributed by atoms with van der Waals surface area (Å²) in [6.45, 7) is 17.1. The molecule has 0 radical (unpaired) electrons. The molecule has 9 heteroatoms. The Bertz CT molecular complexity index is 741. The molecule has 0 unspecified atom stereocenters. The minimum absolute atomic E-state index is 0.0217. The maximum atomic E-state index is 12.7. The van der Waals surface area contributed by atoms with Crippen LogP contribution >= 0.6 is 0 Å². The summed E-state index contributed by atoms with van der Waals surface area (Å²) >= 11 is 0. The van der Waals surface area contributed by atoms with Gasteiger partial charge in [-0.15, -0.1) is 0 Å². The van der Waals surface area contributed by atoms with Crippen molar-refractivity contribution in [2.45, 2.75) is 179 Å². The lowest BCUT2D eigenvalue weighted by molar-refractivity contribution is -0.336. The molecule has 0 spiro atoms. The van der Waals surface area contributed by atoms with Crippen LogP contribution in [0.25, 0.3) is 0 Å². The molecule has 3 fully saturated rings. The van der Waals surface area contributed by atoms with E-state index >= 15 is 0 Å². The highest BCUT2D eigenvalue weighted by Gasteiger charge is 2.47. The second-order valence-corrected chi connectivity index (χ2v) is 17.9. The Morgan fingerprint density at radius 3 is 2.11 bits per heavy atom. The van der Waals surface area contributed by atoms with Crippen LogP contribution in [0.3, 0.4) is 0 Å². The first-order valence-electron chi connectivity index (χ1n) is 14.9. The highest BCUT2D eigenvalue weighted by molar-refractivity contribution is 6.74. The van der Waals surface area contributed by atoms with E-state index in [-0.39, 0.29) is 35.7 Å². The summed E-state index contributed by atoms with van der Waals surface area (Å²) in [6, 6.07) is 0. The highest BCUT2D eigenvalue weighted by atomic mass is 28.4. The van der Waals surface area contributed by atoms with Crippen molar-refractivity contribution in [1.29, 1.82) is 0 Å². The number of carbonyl (C=O) groups excluding carboxylic acids is 1. The van der Waals surface area contributed by atoms with Crippen LogP contribution in [0.5, 0.6) is 0 Å². The lowest BCUT2D eigenvalue weighted by atomic mass is 10.0. The van der Waals surface area contributed by atoms with Gasteiger partial charge in [-0.05, 0) is 51.7 Å². The van der Waals surface area contributed by atoms with Gasteiger partial charge in [0.25, 0.3) is 0 Å². The number of esters is 1. The van der Waals surface area contributed by atoms with Crippen molar-refractivity contribution >= 4 is 14.3 Å². The third-order valence-electron chi connectivity index (χ3n) is 8.76. The van der Waals surface area contributed by atoms with Crippen LogP contribution in [0.2, 0.25) is 18.1 Å². The van der Waals surface area contributed by atoms with E-state index in [4.69, 9.17) is 28.1 Å². The van der Waals surface area contributed by atoms with Crippen LogP contribution in [-0.4, -0.2) is 74.7 Å². The van der Waals surface area contributed by atoms with Gasteiger partial charge in [-0.3, -0.25) is 4.79 Å². The fraction of sp³-hybridized carbons (Fsp3) is 0.966. The second kappa shape index (κ2) is 13.9. The molecular weight excluding hydrogens is 504 g/mol. The van der Waals surface area contributed by atoms with Gasteiger partial charge in [-0.25, -0.2) is 0 Å². The van der Waals surface area contributed by atoms with E-state index in [2.05, 4.69) is 40.8 Å². The normalized spacial score (nSPS) is 39.4. The summed E-state index contributed by atoms with van der Waals surface area (Å²) in [4.78, 5) is 12.7. The van der Waals surface area contributed by atoms with Gasteiger partial charge in [0.2, 0.25) is 0 Å². The summed E-state index contributed by atoms with van der Waals surface area (Å²) in [5.41, 5.74) is 0. The van der Waals surface area contributed by atoms with E-state index in [9.17, 15) is 9.90 Å². The van der Waals surface area contributed by atoms with Crippen molar-refractivity contribution in [2.75, 3.05) is 0 Å². The second-order valence-electron chi connectivity index (χ2n) is 13.2. The number of fused-ring (bicyclic) bond motifs is 2. The molecule has 3 saturated heterocycles. The largest absolute Gasteiger partial charge is 0.457 e. The topological polar surface area (TPSA) is 92.7 Å². The van der Waals surface area contributed by atoms with E-state index in [1.165, 1.54) is 0 Å². The number of hydrogen-bond acceptors (Lipinski definition) is 8. The summed E-state index contributed by atoms with van der Waals surface area (Å²) in [7, 11) is -2.06. The molecule has 0 aromatic heterocycles. The monoisotopic (exact) mass is 558 g/mol. The summed E-state index contributed by atoms with van der Waals surface area (Å²) in [5.74, 6) is -0.271. The maximum absolute atomic E-state index is 12.7. The van der Waals surface area contributed by atoms with E-state index in [1.807, 2.05) is 13.8 Å². The van der Waals surface area contributed by atoms with Crippen LogP contribution in [0.4, 0.5) is 0 Å². The van der Waals surface area contributed by atoms with E-state index < -0.39 is 45.3 Å². The van der Waals surface area contributed by atoms with E-state index in [0.717, 1.165) is 44.9 Å². The van der Waals surface area contributed by atoms with Gasteiger partial charge in [0.15, 0.2) is 27.0 Å². The standard InChI is InChI=1S/C29H54O8Si/c1-19-15-13-11-9-10-12-14-16-26(31)35-24-17-22(30)20(2)33-28(24)36-25-18-23(21(3)34-27(25)32-19)37-38(7,8)29(4,5)6/h19-25,27-28,30H,9-18H2,1-8H3/t19-,20+,21+,22-,23-,24+,25-,27-,28-/m1/s1. The average Bonchev–Trinajstić information content (AvgIpc) is 2.80. The molecular formula is C29H54O8Si. The van der Waals surface area contributed by atoms with Crippen molar-refractivity contribution in [3.8, 4) is 0 Å². The fourth-order valence-corrected chi connectivity index (χ4v) is 6.51. The van der Waals surface area contributed by atoms with Crippen LogP contribution in [0, 0.1) is 0 Å². The van der Waals surface area contributed by atoms with Crippen molar-refractivity contribution in [1.82, 2.24) is 0 Å². The van der Waals surface area contributed by atoms with Crippen LogP contribution in [0.15, 0.2) is 0 Å². The van der Waals surface area contributed by atoms with E-state index in [0.29, 0.717) is 12.8 Å². The lowest BCUT2D eigenvalue weighted by Gasteiger charge is -2.47. The molecule has 0 aromatic carbocycles. The summed E-state index contributed by atoms with van der Waals surface area (Å²) in [6.07, 6.45) is 4.48. The van der Waals surface area contributed by atoms with Gasteiger partial charge in [-0.1, -0.05) is 52.9 Å². The zero-order valence-electron chi connectivity index (χ0n) is 25.1. The summed E-state index contributed by atoms with van der Waals surface area (Å²) < 4.78 is 38.1. The molecule has 0 amide bonds. The van der Waals surface area contributed by atoms with Crippen molar-refractivity contribution in [3.63, 3.8) is 0 Å². The minimum atomic E-state index is -2.06. The zero-order valence-corrected chi connectivity index (χ0v) is 26.1. The first-order chi connectivity index (χ1) is 17.8. The Kier molecular flexibility index (Phi) is 11.7. The number of aliphatic hydroxyl groups is 1. The van der Waals surface area contributed by atoms with Gasteiger partial charge >= 0.3 is 5.97 Å². The Morgan fingerprint density at radius 2 is 1.42 bits per heavy atom. The highest BCUT2D eigenvalue weighted by Crippen LogP contribution is 2.40. The average molecular weight is 559 g/mol. The Balaban J connectivity index is 1.83. The SMILES string of the molecule is C[C@@H]1CCCCCCCCC(=O)O[C@H]2C[C@@H](O)[C@H](C)O[C@@H]2O[C@@H]2C[C@@H](O[Si](C)(C)C(C)(C)C)[C@H](C)O[C@H]2O1.